The van der Waals surface area contributed by atoms with Gasteiger partial charge in [-0.3, -0.25) is 9.69 Å². The van der Waals surface area contributed by atoms with Gasteiger partial charge in [-0.15, -0.1) is 0 Å². The van der Waals surface area contributed by atoms with Crippen molar-refractivity contribution >= 4 is 16.8 Å². The Morgan fingerprint density at radius 1 is 1.12 bits per heavy atom. The summed E-state index contributed by atoms with van der Waals surface area (Å²) in [5.74, 6) is -0.348. The number of hydrogen-bond donors (Lipinski definition) is 1. The van der Waals surface area contributed by atoms with Crippen LogP contribution in [-0.4, -0.2) is 46.9 Å². The number of benzene rings is 2. The summed E-state index contributed by atoms with van der Waals surface area (Å²) in [7, 11) is 0. The van der Waals surface area contributed by atoms with Crippen LogP contribution >= 0.6 is 0 Å². The highest BCUT2D eigenvalue weighted by Gasteiger charge is 2.12. The third-order valence-electron chi connectivity index (χ3n) is 4.70. The second-order valence-corrected chi connectivity index (χ2v) is 6.63. The van der Waals surface area contributed by atoms with Crippen molar-refractivity contribution in [2.75, 3.05) is 26.3 Å². The summed E-state index contributed by atoms with van der Waals surface area (Å²) in [4.78, 5) is 13.7. The average molecular weight is 350 g/mol. The molecule has 6 heteroatoms. The lowest BCUT2D eigenvalue weighted by molar-refractivity contribution is -0.117. The molecule has 1 aliphatic rings. The minimum absolute atomic E-state index is 0.201. The van der Waals surface area contributed by atoms with Crippen molar-refractivity contribution in [1.82, 2.24) is 14.7 Å². The average Bonchev–Trinajstić information content (AvgIpc) is 3.08. The number of nitrogens with two attached hydrogens (primary N) is 1. The van der Waals surface area contributed by atoms with Gasteiger partial charge in [0, 0.05) is 31.2 Å². The summed E-state index contributed by atoms with van der Waals surface area (Å²) < 4.78 is 7.25. The number of fused-ring (bicyclic) bond motifs is 1. The van der Waals surface area contributed by atoms with E-state index >= 15 is 0 Å². The van der Waals surface area contributed by atoms with Crippen LogP contribution in [0.3, 0.4) is 0 Å². The molecule has 0 saturated carbocycles. The molecule has 0 bridgehead atoms. The molecular weight excluding hydrogens is 328 g/mol. The van der Waals surface area contributed by atoms with Gasteiger partial charge in [-0.25, -0.2) is 4.68 Å². The quantitative estimate of drug-likeness (QED) is 0.763. The summed E-state index contributed by atoms with van der Waals surface area (Å²) in [6.45, 7) is 4.52. The molecule has 26 heavy (non-hydrogen) atoms. The van der Waals surface area contributed by atoms with Crippen molar-refractivity contribution < 1.29 is 9.53 Å². The fraction of sp³-hybridized carbons (Fsp3) is 0.300. The second kappa shape index (κ2) is 7.27. The van der Waals surface area contributed by atoms with Gasteiger partial charge < -0.3 is 10.5 Å². The monoisotopic (exact) mass is 350 g/mol. The van der Waals surface area contributed by atoms with Crippen molar-refractivity contribution in [3.05, 3.63) is 59.8 Å². The molecule has 0 unspecified atom stereocenters. The van der Waals surface area contributed by atoms with Gasteiger partial charge in [0.25, 0.3) is 0 Å². The molecule has 0 spiro atoms. The van der Waals surface area contributed by atoms with Crippen LogP contribution in [0.5, 0.6) is 0 Å². The molecule has 2 aromatic carbocycles. The first-order valence-corrected chi connectivity index (χ1v) is 8.84. The van der Waals surface area contributed by atoms with E-state index in [1.165, 1.54) is 5.56 Å². The number of carbonyl (C=O) groups excluding carboxylic acids is 1. The van der Waals surface area contributed by atoms with Gasteiger partial charge in [0.15, 0.2) is 0 Å². The van der Waals surface area contributed by atoms with E-state index < -0.39 is 0 Å². The molecule has 1 aromatic heterocycles. The first-order chi connectivity index (χ1) is 12.7. The summed E-state index contributed by atoms with van der Waals surface area (Å²) in [5.41, 5.74) is 9.30. The molecule has 1 amide bonds. The van der Waals surface area contributed by atoms with Gasteiger partial charge in [-0.2, -0.15) is 5.10 Å². The van der Waals surface area contributed by atoms with E-state index in [0.717, 1.165) is 55.0 Å². The van der Waals surface area contributed by atoms with E-state index in [0.29, 0.717) is 0 Å². The number of hydrogen-bond acceptors (Lipinski definition) is 4. The van der Waals surface area contributed by atoms with Gasteiger partial charge in [0.2, 0.25) is 5.91 Å². The minimum Gasteiger partial charge on any atom is -0.379 e. The molecule has 0 atom stereocenters. The zero-order valence-corrected chi connectivity index (χ0v) is 14.6. The Morgan fingerprint density at radius 3 is 2.62 bits per heavy atom. The van der Waals surface area contributed by atoms with Gasteiger partial charge in [0.05, 0.1) is 30.8 Å². The zero-order valence-electron chi connectivity index (χ0n) is 14.6. The number of nitrogens with zero attached hydrogens (tertiary/aromatic N) is 3. The van der Waals surface area contributed by atoms with E-state index in [1.807, 2.05) is 29.1 Å². The Balaban J connectivity index is 1.56. The Hall–Kier alpha value is -2.70. The summed E-state index contributed by atoms with van der Waals surface area (Å²) in [5, 5.41) is 5.66. The zero-order chi connectivity index (χ0) is 17.9. The number of rotatable bonds is 5. The molecule has 1 fully saturated rings. The fourth-order valence-electron chi connectivity index (χ4n) is 3.34. The molecule has 1 aliphatic heterocycles. The number of amides is 1. The van der Waals surface area contributed by atoms with Crippen molar-refractivity contribution in [1.29, 1.82) is 0 Å². The molecule has 134 valence electrons. The van der Waals surface area contributed by atoms with Gasteiger partial charge in [-0.05, 0) is 23.3 Å². The van der Waals surface area contributed by atoms with Crippen molar-refractivity contribution in [3.8, 4) is 5.69 Å². The van der Waals surface area contributed by atoms with Crippen LogP contribution in [0.1, 0.15) is 11.1 Å². The lowest BCUT2D eigenvalue weighted by Crippen LogP contribution is -2.35. The number of morpholine rings is 1. The third-order valence-corrected chi connectivity index (χ3v) is 4.70. The third kappa shape index (κ3) is 3.61. The first-order valence-electron chi connectivity index (χ1n) is 8.84. The maximum Gasteiger partial charge on any atom is 0.221 e. The highest BCUT2D eigenvalue weighted by molar-refractivity contribution is 5.87. The van der Waals surface area contributed by atoms with Gasteiger partial charge >= 0.3 is 0 Å². The largest absolute Gasteiger partial charge is 0.379 e. The van der Waals surface area contributed by atoms with Crippen LogP contribution in [0.25, 0.3) is 16.6 Å². The number of primary amides is 1. The molecule has 0 aliphatic carbocycles. The Labute approximate surface area is 152 Å². The summed E-state index contributed by atoms with van der Waals surface area (Å²) in [6, 6.07) is 14.3. The van der Waals surface area contributed by atoms with Crippen molar-refractivity contribution in [2.45, 2.75) is 13.0 Å². The molecule has 2 heterocycles. The fourth-order valence-corrected chi connectivity index (χ4v) is 3.34. The normalized spacial score (nSPS) is 15.4. The second-order valence-electron chi connectivity index (χ2n) is 6.63. The van der Waals surface area contributed by atoms with Gasteiger partial charge in [-0.1, -0.05) is 30.3 Å². The molecule has 1 saturated heterocycles. The van der Waals surface area contributed by atoms with Gasteiger partial charge in [0.1, 0.15) is 0 Å². The predicted molar refractivity (Wildman–Crippen MR) is 100 cm³/mol. The minimum atomic E-state index is -0.348. The van der Waals surface area contributed by atoms with Crippen molar-refractivity contribution in [2.24, 2.45) is 5.73 Å². The van der Waals surface area contributed by atoms with E-state index in [1.54, 1.807) is 0 Å². The number of aromatic nitrogens is 2. The summed E-state index contributed by atoms with van der Waals surface area (Å²) >= 11 is 0. The lowest BCUT2D eigenvalue weighted by atomic mass is 10.1. The molecule has 4 rings (SSSR count). The highest BCUT2D eigenvalue weighted by Crippen LogP contribution is 2.20. The van der Waals surface area contributed by atoms with Crippen LogP contribution in [0.4, 0.5) is 0 Å². The van der Waals surface area contributed by atoms with Crippen molar-refractivity contribution in [3.63, 3.8) is 0 Å². The van der Waals surface area contributed by atoms with E-state index in [2.05, 4.69) is 34.3 Å². The van der Waals surface area contributed by atoms with Crippen LogP contribution in [-0.2, 0) is 22.5 Å². The first kappa shape index (κ1) is 16.8. The number of carbonyl (C=O) groups is 1. The Kier molecular flexibility index (Phi) is 4.69. The Bertz CT molecular complexity index is 911. The molecular formula is C20H22N4O2. The summed E-state index contributed by atoms with van der Waals surface area (Å²) in [6.07, 6.45) is 2.18. The molecule has 3 aromatic rings. The molecule has 2 N–H and O–H groups in total. The van der Waals surface area contributed by atoms with Crippen LogP contribution < -0.4 is 5.73 Å². The maximum absolute atomic E-state index is 11.3. The number of ether oxygens (including phenoxy) is 1. The highest BCUT2D eigenvalue weighted by atomic mass is 16.5. The lowest BCUT2D eigenvalue weighted by Gasteiger charge is -2.26. The Morgan fingerprint density at radius 2 is 1.88 bits per heavy atom. The van der Waals surface area contributed by atoms with Crippen LogP contribution in [0.2, 0.25) is 0 Å². The maximum atomic E-state index is 11.3. The molecule has 0 radical (unpaired) electrons. The van der Waals surface area contributed by atoms with E-state index in [9.17, 15) is 4.79 Å². The van der Waals surface area contributed by atoms with E-state index in [-0.39, 0.29) is 12.3 Å². The SMILES string of the molecule is NC(=O)Cc1cccc2cn(-c3ccc(CN4CCOCC4)cc3)nc12. The predicted octanol–water partition coefficient (Wildman–Crippen LogP) is 1.89. The topological polar surface area (TPSA) is 73.4 Å². The van der Waals surface area contributed by atoms with Crippen LogP contribution in [0, 0.1) is 0 Å². The smallest absolute Gasteiger partial charge is 0.221 e. The van der Waals surface area contributed by atoms with Crippen LogP contribution in [0.15, 0.2) is 48.7 Å². The molecule has 6 nitrogen and oxygen atoms in total. The van der Waals surface area contributed by atoms with E-state index in [4.69, 9.17) is 10.5 Å². The standard InChI is InChI=1S/C20H22N4O2/c21-19(25)12-16-2-1-3-17-14-24(22-20(16)17)18-6-4-15(5-7-18)13-23-8-10-26-11-9-23/h1-7,14H,8-13H2,(H2,21,25).